The summed E-state index contributed by atoms with van der Waals surface area (Å²) in [5.41, 5.74) is 2.08. The zero-order valence-corrected chi connectivity index (χ0v) is 14.5. The molecule has 0 aliphatic rings. The van der Waals surface area contributed by atoms with Gasteiger partial charge in [0.05, 0.1) is 16.8 Å². The molecule has 2 aromatic heterocycles. The van der Waals surface area contributed by atoms with Crippen LogP contribution in [0.25, 0.3) is 5.95 Å². The van der Waals surface area contributed by atoms with Gasteiger partial charge in [-0.25, -0.2) is 4.68 Å². The molecule has 128 valence electrons. The summed E-state index contributed by atoms with van der Waals surface area (Å²) in [6, 6.07) is 6.07. The van der Waals surface area contributed by atoms with E-state index >= 15 is 0 Å². The van der Waals surface area contributed by atoms with E-state index in [4.69, 9.17) is 11.6 Å². The fourth-order valence-electron chi connectivity index (χ4n) is 2.31. The second-order valence-electron chi connectivity index (χ2n) is 5.41. The lowest BCUT2D eigenvalue weighted by Crippen LogP contribution is -2.08. The molecule has 3 rings (SSSR count). The van der Waals surface area contributed by atoms with E-state index in [2.05, 4.69) is 20.4 Å². The van der Waals surface area contributed by atoms with Gasteiger partial charge in [-0.3, -0.25) is 10.1 Å². The third-order valence-corrected chi connectivity index (χ3v) is 3.83. The monoisotopic (exact) mass is 359 g/mol. The maximum absolute atomic E-state index is 10.9. The molecular weight excluding hydrogens is 346 g/mol. The molecular formula is C15H14ClN7O2. The number of nitrogens with zero attached hydrogens (tertiary/aromatic N) is 7. The number of non-ortho nitro benzene ring substituents is 1. The number of nitro benzene ring substituents is 1. The van der Waals surface area contributed by atoms with Crippen molar-refractivity contribution in [2.24, 2.45) is 5.10 Å². The van der Waals surface area contributed by atoms with Gasteiger partial charge in [0.1, 0.15) is 0 Å². The zero-order chi connectivity index (χ0) is 18.1. The van der Waals surface area contributed by atoms with E-state index in [1.807, 2.05) is 19.9 Å². The third-order valence-electron chi connectivity index (χ3n) is 3.48. The van der Waals surface area contributed by atoms with Crippen molar-refractivity contribution in [2.75, 3.05) is 0 Å². The molecule has 0 N–H and O–H groups in total. The Hall–Kier alpha value is -3.07. The highest BCUT2D eigenvalue weighted by Crippen LogP contribution is 2.21. The average Bonchev–Trinajstić information content (AvgIpc) is 3.08. The highest BCUT2D eigenvalue weighted by atomic mass is 35.5. The largest absolute Gasteiger partial charge is 0.273 e. The summed E-state index contributed by atoms with van der Waals surface area (Å²) in [6.07, 6.45) is 1.43. The summed E-state index contributed by atoms with van der Waals surface area (Å²) < 4.78 is 3.12. The second-order valence-corrected chi connectivity index (χ2v) is 5.81. The molecule has 10 heteroatoms. The van der Waals surface area contributed by atoms with Gasteiger partial charge in [-0.15, -0.1) is 10.2 Å². The number of aryl methyl sites for hydroxylation is 3. The highest BCUT2D eigenvalue weighted by Gasteiger charge is 2.14. The number of hydrogen-bond donors (Lipinski definition) is 0. The third kappa shape index (κ3) is 3.26. The lowest BCUT2D eigenvalue weighted by Gasteiger charge is -2.04. The minimum Gasteiger partial charge on any atom is -0.258 e. The Morgan fingerprint density at radius 2 is 2.00 bits per heavy atom. The van der Waals surface area contributed by atoms with Crippen LogP contribution in [0.3, 0.4) is 0 Å². The number of benzene rings is 1. The Balaban J connectivity index is 2.03. The Morgan fingerprint density at radius 1 is 1.24 bits per heavy atom. The summed E-state index contributed by atoms with van der Waals surface area (Å²) in [6.45, 7) is 5.52. The first-order chi connectivity index (χ1) is 11.9. The minimum atomic E-state index is -0.487. The Morgan fingerprint density at radius 3 is 2.64 bits per heavy atom. The van der Waals surface area contributed by atoms with Gasteiger partial charge in [-0.1, -0.05) is 11.6 Å². The summed E-state index contributed by atoms with van der Waals surface area (Å²) in [4.78, 5) is 10.4. The van der Waals surface area contributed by atoms with Gasteiger partial charge in [-0.2, -0.15) is 14.9 Å². The zero-order valence-electron chi connectivity index (χ0n) is 13.7. The summed E-state index contributed by atoms with van der Waals surface area (Å²) >= 11 is 6.09. The first kappa shape index (κ1) is 16.8. The number of rotatable bonds is 4. The summed E-state index contributed by atoms with van der Waals surface area (Å²) in [5.74, 6) is 0.959. The highest BCUT2D eigenvalue weighted by molar-refractivity contribution is 6.33. The molecule has 0 saturated heterocycles. The molecule has 9 nitrogen and oxygen atoms in total. The van der Waals surface area contributed by atoms with E-state index in [0.717, 1.165) is 11.4 Å². The molecule has 0 unspecified atom stereocenters. The molecule has 0 spiro atoms. The fourth-order valence-corrected chi connectivity index (χ4v) is 2.48. The van der Waals surface area contributed by atoms with Crippen molar-refractivity contribution in [2.45, 2.75) is 20.8 Å². The first-order valence-electron chi connectivity index (χ1n) is 7.31. The van der Waals surface area contributed by atoms with Crippen LogP contribution in [0.1, 0.15) is 22.8 Å². The number of aromatic nitrogens is 5. The van der Waals surface area contributed by atoms with Crippen molar-refractivity contribution in [1.29, 1.82) is 0 Å². The lowest BCUT2D eigenvalue weighted by molar-refractivity contribution is -0.384. The van der Waals surface area contributed by atoms with E-state index in [1.165, 1.54) is 29.1 Å². The van der Waals surface area contributed by atoms with E-state index in [1.54, 1.807) is 11.6 Å². The van der Waals surface area contributed by atoms with Crippen LogP contribution >= 0.6 is 11.6 Å². The van der Waals surface area contributed by atoms with E-state index in [9.17, 15) is 10.1 Å². The Labute approximate surface area is 147 Å². The molecule has 25 heavy (non-hydrogen) atoms. The van der Waals surface area contributed by atoms with Crippen LogP contribution in [0.4, 0.5) is 5.69 Å². The van der Waals surface area contributed by atoms with Crippen LogP contribution in [0.2, 0.25) is 5.02 Å². The minimum absolute atomic E-state index is 0.0647. The van der Waals surface area contributed by atoms with Crippen LogP contribution in [0.5, 0.6) is 0 Å². The van der Waals surface area contributed by atoms with Gasteiger partial charge in [0, 0.05) is 28.4 Å². The molecule has 0 saturated carbocycles. The quantitative estimate of drug-likeness (QED) is 0.404. The molecule has 0 bridgehead atoms. The predicted molar refractivity (Wildman–Crippen MR) is 92.5 cm³/mol. The van der Waals surface area contributed by atoms with Gasteiger partial charge in [0.15, 0.2) is 5.82 Å². The number of halogens is 1. The van der Waals surface area contributed by atoms with E-state index in [-0.39, 0.29) is 5.69 Å². The smallest absolute Gasteiger partial charge is 0.258 e. The Bertz CT molecular complexity index is 990. The van der Waals surface area contributed by atoms with Crippen molar-refractivity contribution >= 4 is 23.5 Å². The summed E-state index contributed by atoms with van der Waals surface area (Å²) in [7, 11) is 0. The molecule has 0 radical (unpaired) electrons. The normalized spacial score (nSPS) is 11.4. The van der Waals surface area contributed by atoms with Gasteiger partial charge < -0.3 is 0 Å². The van der Waals surface area contributed by atoms with Crippen LogP contribution in [-0.4, -0.2) is 35.8 Å². The van der Waals surface area contributed by atoms with Crippen molar-refractivity contribution in [3.05, 3.63) is 62.2 Å². The lowest BCUT2D eigenvalue weighted by atomic mass is 10.2. The molecule has 0 amide bonds. The SMILES string of the molecule is Cc1cc(C)n(-c2nnc(C)n2N=Cc2cc([N+](=O)[O-])ccc2Cl)n1. The van der Waals surface area contributed by atoms with Crippen molar-refractivity contribution in [3.63, 3.8) is 0 Å². The maximum Gasteiger partial charge on any atom is 0.273 e. The topological polar surface area (TPSA) is 104 Å². The van der Waals surface area contributed by atoms with Crippen molar-refractivity contribution in [3.8, 4) is 5.95 Å². The molecule has 3 aromatic rings. The number of nitro groups is 1. The molecule has 2 heterocycles. The first-order valence-corrected chi connectivity index (χ1v) is 7.68. The Kier molecular flexibility index (Phi) is 4.32. The van der Waals surface area contributed by atoms with Crippen molar-refractivity contribution < 1.29 is 4.92 Å². The number of hydrogen-bond acceptors (Lipinski definition) is 6. The summed E-state index contributed by atoms with van der Waals surface area (Å²) in [5, 5.41) is 28.1. The molecule has 0 atom stereocenters. The van der Waals surface area contributed by atoms with Gasteiger partial charge in [0.2, 0.25) is 0 Å². The second kappa shape index (κ2) is 6.44. The van der Waals surface area contributed by atoms with Gasteiger partial charge >= 0.3 is 0 Å². The molecule has 0 aliphatic carbocycles. The molecule has 0 aliphatic heterocycles. The van der Waals surface area contributed by atoms with E-state index in [0.29, 0.717) is 22.4 Å². The van der Waals surface area contributed by atoms with Crippen LogP contribution in [0.15, 0.2) is 29.4 Å². The average molecular weight is 360 g/mol. The van der Waals surface area contributed by atoms with Crippen LogP contribution in [-0.2, 0) is 0 Å². The van der Waals surface area contributed by atoms with Crippen molar-refractivity contribution in [1.82, 2.24) is 24.7 Å². The molecule has 1 aromatic carbocycles. The standard InChI is InChI=1S/C15H14ClN7O2/c1-9-6-10(2)21(20-9)15-19-18-11(3)22(15)17-8-12-7-13(23(24)25)4-5-14(12)16/h4-8H,1-3H3. The van der Waals surface area contributed by atoms with Gasteiger partial charge in [0.25, 0.3) is 11.6 Å². The fraction of sp³-hybridized carbons (Fsp3) is 0.200. The van der Waals surface area contributed by atoms with Crippen LogP contribution in [0, 0.1) is 30.9 Å². The predicted octanol–water partition coefficient (Wildman–Crippen LogP) is 2.83. The van der Waals surface area contributed by atoms with Gasteiger partial charge in [-0.05, 0) is 32.9 Å². The molecule has 0 fully saturated rings. The van der Waals surface area contributed by atoms with E-state index < -0.39 is 4.92 Å². The van der Waals surface area contributed by atoms with Crippen LogP contribution < -0.4 is 0 Å². The maximum atomic E-state index is 10.9.